The summed E-state index contributed by atoms with van der Waals surface area (Å²) in [5, 5.41) is 6.81. The second kappa shape index (κ2) is 9.83. The van der Waals surface area contributed by atoms with Crippen LogP contribution in [0.5, 0.6) is 0 Å². The minimum absolute atomic E-state index is 0.401. The Hall–Kier alpha value is -0.160. The Morgan fingerprint density at radius 3 is 2.76 bits per heavy atom. The maximum absolute atomic E-state index is 5.61. The fourth-order valence-electron chi connectivity index (χ4n) is 1.94. The molecule has 4 heteroatoms. The van der Waals surface area contributed by atoms with Crippen molar-refractivity contribution < 1.29 is 4.74 Å². The maximum atomic E-state index is 5.61. The summed E-state index contributed by atoms with van der Waals surface area (Å²) in [6, 6.07) is 0. The van der Waals surface area contributed by atoms with Crippen LogP contribution < -0.4 is 10.6 Å². The van der Waals surface area contributed by atoms with Gasteiger partial charge in [0.2, 0.25) is 0 Å². The fraction of sp³-hybridized carbons (Fsp3) is 1.00. The van der Waals surface area contributed by atoms with Gasteiger partial charge in [-0.3, -0.25) is 0 Å². The fourth-order valence-corrected chi connectivity index (χ4v) is 1.94. The Morgan fingerprint density at radius 1 is 1.29 bits per heavy atom. The van der Waals surface area contributed by atoms with Crippen LogP contribution in [0.1, 0.15) is 26.7 Å². The van der Waals surface area contributed by atoms with Crippen LogP contribution >= 0.6 is 0 Å². The van der Waals surface area contributed by atoms with E-state index in [-0.39, 0.29) is 0 Å². The first-order valence-corrected chi connectivity index (χ1v) is 7.08. The number of hydrogen-bond acceptors (Lipinski definition) is 4. The zero-order chi connectivity index (χ0) is 12.3. The third kappa shape index (κ3) is 7.71. The molecule has 0 radical (unpaired) electrons. The minimum atomic E-state index is 0.401. The monoisotopic (exact) mass is 243 g/mol. The van der Waals surface area contributed by atoms with Crippen molar-refractivity contribution in [2.75, 3.05) is 52.4 Å². The van der Waals surface area contributed by atoms with E-state index in [0.29, 0.717) is 6.10 Å². The van der Waals surface area contributed by atoms with Gasteiger partial charge in [0.1, 0.15) is 0 Å². The van der Waals surface area contributed by atoms with E-state index < -0.39 is 0 Å². The van der Waals surface area contributed by atoms with Crippen LogP contribution in [0.2, 0.25) is 0 Å². The Bertz CT molecular complexity index is 172. The predicted molar refractivity (Wildman–Crippen MR) is 72.5 cm³/mol. The summed E-state index contributed by atoms with van der Waals surface area (Å²) in [6.07, 6.45) is 2.74. The number of rotatable bonds is 9. The van der Waals surface area contributed by atoms with E-state index in [0.717, 1.165) is 39.2 Å². The third-order valence-electron chi connectivity index (χ3n) is 3.29. The minimum Gasteiger partial charge on any atom is -0.377 e. The van der Waals surface area contributed by atoms with E-state index in [1.165, 1.54) is 26.1 Å². The van der Waals surface area contributed by atoms with Crippen molar-refractivity contribution in [3.05, 3.63) is 0 Å². The third-order valence-corrected chi connectivity index (χ3v) is 3.29. The first kappa shape index (κ1) is 14.9. The van der Waals surface area contributed by atoms with Gasteiger partial charge in [0.15, 0.2) is 0 Å². The molecule has 0 bridgehead atoms. The van der Waals surface area contributed by atoms with Crippen molar-refractivity contribution in [3.8, 4) is 0 Å². The highest BCUT2D eigenvalue weighted by Gasteiger charge is 2.07. The predicted octanol–water partition coefficient (Wildman–Crippen LogP) is 0.686. The van der Waals surface area contributed by atoms with Crippen LogP contribution in [0.25, 0.3) is 0 Å². The van der Waals surface area contributed by atoms with E-state index in [4.69, 9.17) is 4.74 Å². The van der Waals surface area contributed by atoms with Gasteiger partial charge in [0.05, 0.1) is 12.7 Å². The molecule has 102 valence electrons. The quantitative estimate of drug-likeness (QED) is 0.584. The number of ether oxygens (including phenoxy) is 1. The molecule has 1 fully saturated rings. The lowest BCUT2D eigenvalue weighted by Gasteiger charge is -2.27. The van der Waals surface area contributed by atoms with Crippen molar-refractivity contribution in [1.29, 1.82) is 0 Å². The van der Waals surface area contributed by atoms with Crippen molar-refractivity contribution in [1.82, 2.24) is 15.5 Å². The van der Waals surface area contributed by atoms with Gasteiger partial charge in [-0.2, -0.15) is 0 Å². The maximum Gasteiger partial charge on any atom is 0.0594 e. The SMILES string of the molecule is CCC(C)OCCNCCCN1CCNCC1. The molecule has 1 heterocycles. The molecule has 1 atom stereocenters. The average molecular weight is 243 g/mol. The normalized spacial score (nSPS) is 19.4. The summed E-state index contributed by atoms with van der Waals surface area (Å²) in [4.78, 5) is 2.54. The first-order valence-electron chi connectivity index (χ1n) is 7.08. The van der Waals surface area contributed by atoms with Crippen molar-refractivity contribution in [2.24, 2.45) is 0 Å². The molecular formula is C13H29N3O. The van der Waals surface area contributed by atoms with Crippen LogP contribution in [0.15, 0.2) is 0 Å². The van der Waals surface area contributed by atoms with Crippen LogP contribution in [0.3, 0.4) is 0 Å². The Kier molecular flexibility index (Phi) is 8.61. The molecule has 1 aliphatic heterocycles. The van der Waals surface area contributed by atoms with Gasteiger partial charge in [0.25, 0.3) is 0 Å². The van der Waals surface area contributed by atoms with Crippen molar-refractivity contribution in [3.63, 3.8) is 0 Å². The molecule has 17 heavy (non-hydrogen) atoms. The van der Waals surface area contributed by atoms with Gasteiger partial charge in [0, 0.05) is 32.7 Å². The molecule has 0 saturated carbocycles. The molecule has 0 amide bonds. The molecule has 1 aliphatic rings. The van der Waals surface area contributed by atoms with Gasteiger partial charge < -0.3 is 20.3 Å². The van der Waals surface area contributed by atoms with Gasteiger partial charge in [-0.05, 0) is 32.9 Å². The van der Waals surface area contributed by atoms with E-state index >= 15 is 0 Å². The molecule has 1 rings (SSSR count). The zero-order valence-electron chi connectivity index (χ0n) is 11.5. The summed E-state index contributed by atoms with van der Waals surface area (Å²) >= 11 is 0. The van der Waals surface area contributed by atoms with E-state index in [1.807, 2.05) is 0 Å². The Balaban J connectivity index is 1.80. The lowest BCUT2D eigenvalue weighted by atomic mass is 10.3. The molecular weight excluding hydrogens is 214 g/mol. The topological polar surface area (TPSA) is 36.5 Å². The standard InChI is InChI=1S/C13H29N3O/c1-3-13(2)17-12-8-14-5-4-9-16-10-6-15-7-11-16/h13-15H,3-12H2,1-2H3. The largest absolute Gasteiger partial charge is 0.377 e. The van der Waals surface area contributed by atoms with E-state index in [1.54, 1.807) is 0 Å². The molecule has 0 aromatic rings. The number of nitrogens with zero attached hydrogens (tertiary/aromatic N) is 1. The molecule has 1 unspecified atom stereocenters. The summed E-state index contributed by atoms with van der Waals surface area (Å²) in [6.45, 7) is 13.1. The highest BCUT2D eigenvalue weighted by molar-refractivity contribution is 4.67. The van der Waals surface area contributed by atoms with Gasteiger partial charge in [-0.15, -0.1) is 0 Å². The second-order valence-electron chi connectivity index (χ2n) is 4.78. The molecule has 4 nitrogen and oxygen atoms in total. The zero-order valence-corrected chi connectivity index (χ0v) is 11.5. The van der Waals surface area contributed by atoms with Crippen LogP contribution in [0.4, 0.5) is 0 Å². The summed E-state index contributed by atoms with van der Waals surface area (Å²) < 4.78 is 5.61. The Labute approximate surface area is 106 Å². The molecule has 0 aliphatic carbocycles. The molecule has 0 aromatic carbocycles. The summed E-state index contributed by atoms with van der Waals surface area (Å²) in [5.41, 5.74) is 0. The first-order chi connectivity index (χ1) is 8.33. The smallest absolute Gasteiger partial charge is 0.0594 e. The highest BCUT2D eigenvalue weighted by Crippen LogP contribution is 1.95. The Morgan fingerprint density at radius 2 is 2.06 bits per heavy atom. The highest BCUT2D eigenvalue weighted by atomic mass is 16.5. The lowest BCUT2D eigenvalue weighted by Crippen LogP contribution is -2.44. The van der Waals surface area contributed by atoms with Crippen LogP contribution in [-0.2, 0) is 4.74 Å². The van der Waals surface area contributed by atoms with Crippen molar-refractivity contribution >= 4 is 0 Å². The average Bonchev–Trinajstić information content (AvgIpc) is 2.38. The van der Waals surface area contributed by atoms with Gasteiger partial charge >= 0.3 is 0 Å². The number of hydrogen-bond donors (Lipinski definition) is 2. The van der Waals surface area contributed by atoms with E-state index in [9.17, 15) is 0 Å². The molecule has 1 saturated heterocycles. The number of nitrogens with one attached hydrogen (secondary N) is 2. The summed E-state index contributed by atoms with van der Waals surface area (Å²) in [7, 11) is 0. The van der Waals surface area contributed by atoms with Crippen molar-refractivity contribution in [2.45, 2.75) is 32.8 Å². The van der Waals surface area contributed by atoms with Crippen LogP contribution in [-0.4, -0.2) is 63.4 Å². The van der Waals surface area contributed by atoms with Gasteiger partial charge in [-0.1, -0.05) is 6.92 Å². The summed E-state index contributed by atoms with van der Waals surface area (Å²) in [5.74, 6) is 0. The molecule has 0 spiro atoms. The van der Waals surface area contributed by atoms with Crippen LogP contribution in [0, 0.1) is 0 Å². The second-order valence-corrected chi connectivity index (χ2v) is 4.78. The lowest BCUT2D eigenvalue weighted by molar-refractivity contribution is 0.0655. The van der Waals surface area contributed by atoms with Gasteiger partial charge in [-0.25, -0.2) is 0 Å². The van der Waals surface area contributed by atoms with E-state index in [2.05, 4.69) is 29.4 Å². The molecule has 2 N–H and O–H groups in total. The number of piperazine rings is 1. The molecule has 0 aromatic heterocycles.